The summed E-state index contributed by atoms with van der Waals surface area (Å²) in [6.07, 6.45) is 3.43. The minimum Gasteiger partial charge on any atom is -0.331 e. The summed E-state index contributed by atoms with van der Waals surface area (Å²) >= 11 is 0. The van der Waals surface area contributed by atoms with Crippen molar-refractivity contribution < 1.29 is 18.0 Å². The molecule has 0 unspecified atom stereocenters. The van der Waals surface area contributed by atoms with Gasteiger partial charge in [0, 0.05) is 11.1 Å². The van der Waals surface area contributed by atoms with Crippen LogP contribution in [0.4, 0.5) is 18.0 Å². The van der Waals surface area contributed by atoms with E-state index in [1.165, 1.54) is 37.5 Å². The number of nitrogens with one attached hydrogen (secondary N) is 2. The molecule has 1 aromatic carbocycles. The predicted octanol–water partition coefficient (Wildman–Crippen LogP) is 4.31. The average Bonchev–Trinajstić information content (AvgIpc) is 2.52. The van der Waals surface area contributed by atoms with E-state index in [0.717, 1.165) is 31.5 Å². The monoisotopic (exact) mass is 365 g/mol. The zero-order chi connectivity index (χ0) is 18.4. The SMILES string of the molecule is O=C(NN=Cc1ccccc1C(F)(F)F)NC12CC3CC(CC(C3)C1)C2. The maximum Gasteiger partial charge on any atom is 0.417 e. The largest absolute Gasteiger partial charge is 0.417 e. The van der Waals surface area contributed by atoms with Crippen molar-refractivity contribution in [2.75, 3.05) is 0 Å². The fraction of sp³-hybridized carbons (Fsp3) is 0.579. The zero-order valence-electron chi connectivity index (χ0n) is 14.4. The van der Waals surface area contributed by atoms with Crippen LogP contribution in [0, 0.1) is 17.8 Å². The Labute approximate surface area is 150 Å². The fourth-order valence-corrected chi connectivity index (χ4v) is 5.56. The van der Waals surface area contributed by atoms with E-state index in [4.69, 9.17) is 0 Å². The molecule has 5 rings (SSSR count). The third kappa shape index (κ3) is 3.44. The van der Waals surface area contributed by atoms with E-state index in [9.17, 15) is 18.0 Å². The van der Waals surface area contributed by atoms with Gasteiger partial charge in [-0.2, -0.15) is 18.3 Å². The van der Waals surface area contributed by atoms with E-state index < -0.39 is 17.8 Å². The van der Waals surface area contributed by atoms with Crippen LogP contribution in [0.2, 0.25) is 0 Å². The van der Waals surface area contributed by atoms with Gasteiger partial charge in [0.2, 0.25) is 0 Å². The molecule has 2 N–H and O–H groups in total. The van der Waals surface area contributed by atoms with Gasteiger partial charge in [-0.25, -0.2) is 10.2 Å². The van der Waals surface area contributed by atoms with E-state index in [1.807, 2.05) is 0 Å². The van der Waals surface area contributed by atoms with Crippen molar-refractivity contribution in [3.05, 3.63) is 35.4 Å². The first-order chi connectivity index (χ1) is 12.3. The summed E-state index contributed by atoms with van der Waals surface area (Å²) in [6.45, 7) is 0. The van der Waals surface area contributed by atoms with Gasteiger partial charge in [-0.05, 0) is 62.3 Å². The minimum absolute atomic E-state index is 0.0740. The third-order valence-corrected chi connectivity index (χ3v) is 6.05. The number of urea groups is 1. The molecule has 7 heteroatoms. The quantitative estimate of drug-likeness (QED) is 0.609. The number of alkyl halides is 3. The second-order valence-electron chi connectivity index (χ2n) is 8.11. The van der Waals surface area contributed by atoms with Crippen molar-refractivity contribution >= 4 is 12.2 Å². The molecule has 4 saturated carbocycles. The van der Waals surface area contributed by atoms with Crippen molar-refractivity contribution in [2.24, 2.45) is 22.9 Å². The highest BCUT2D eigenvalue weighted by Crippen LogP contribution is 2.55. The first-order valence-corrected chi connectivity index (χ1v) is 9.10. The van der Waals surface area contributed by atoms with Gasteiger partial charge in [0.15, 0.2) is 0 Å². The summed E-state index contributed by atoms with van der Waals surface area (Å²) in [5.74, 6) is 2.09. The van der Waals surface area contributed by atoms with Gasteiger partial charge in [-0.1, -0.05) is 18.2 Å². The summed E-state index contributed by atoms with van der Waals surface area (Å²) in [6, 6.07) is 4.72. The van der Waals surface area contributed by atoms with Crippen LogP contribution in [0.15, 0.2) is 29.4 Å². The van der Waals surface area contributed by atoms with E-state index in [0.29, 0.717) is 17.8 Å². The Morgan fingerprint density at radius 3 is 2.23 bits per heavy atom. The zero-order valence-corrected chi connectivity index (χ0v) is 14.4. The lowest BCUT2D eigenvalue weighted by Gasteiger charge is -2.56. The number of carbonyl (C=O) groups is 1. The summed E-state index contributed by atoms with van der Waals surface area (Å²) in [7, 11) is 0. The van der Waals surface area contributed by atoms with Crippen molar-refractivity contribution in [3.8, 4) is 0 Å². The first kappa shape index (κ1) is 17.4. The van der Waals surface area contributed by atoms with Crippen LogP contribution in [0.3, 0.4) is 0 Å². The van der Waals surface area contributed by atoms with Gasteiger partial charge in [0.05, 0.1) is 11.8 Å². The number of carbonyl (C=O) groups excluding carboxylic acids is 1. The van der Waals surface area contributed by atoms with Gasteiger partial charge in [0.1, 0.15) is 0 Å². The van der Waals surface area contributed by atoms with E-state index >= 15 is 0 Å². The number of hydrogen-bond acceptors (Lipinski definition) is 2. The molecule has 4 aliphatic rings. The van der Waals surface area contributed by atoms with Crippen LogP contribution in [0.5, 0.6) is 0 Å². The van der Waals surface area contributed by atoms with E-state index in [1.54, 1.807) is 0 Å². The highest BCUT2D eigenvalue weighted by molar-refractivity contribution is 5.83. The lowest BCUT2D eigenvalue weighted by atomic mass is 9.53. The molecule has 0 saturated heterocycles. The molecule has 0 spiro atoms. The molecule has 0 aromatic heterocycles. The van der Waals surface area contributed by atoms with Gasteiger partial charge in [-0.15, -0.1) is 0 Å². The van der Waals surface area contributed by atoms with Crippen LogP contribution in [-0.2, 0) is 6.18 Å². The molecule has 0 radical (unpaired) electrons. The van der Waals surface area contributed by atoms with Crippen LogP contribution >= 0.6 is 0 Å². The van der Waals surface area contributed by atoms with E-state index in [-0.39, 0.29) is 11.1 Å². The van der Waals surface area contributed by atoms with Gasteiger partial charge >= 0.3 is 12.2 Å². The Hall–Kier alpha value is -2.05. The molecule has 140 valence electrons. The molecule has 0 atom stereocenters. The lowest BCUT2D eigenvalue weighted by molar-refractivity contribution is -0.137. The van der Waals surface area contributed by atoms with Gasteiger partial charge in [0.25, 0.3) is 0 Å². The summed E-state index contributed by atoms with van der Waals surface area (Å²) < 4.78 is 38.9. The Morgan fingerprint density at radius 2 is 1.65 bits per heavy atom. The first-order valence-electron chi connectivity index (χ1n) is 9.10. The van der Waals surface area contributed by atoms with Crippen molar-refractivity contribution in [3.63, 3.8) is 0 Å². The van der Waals surface area contributed by atoms with Crippen LogP contribution < -0.4 is 10.7 Å². The van der Waals surface area contributed by atoms with Crippen LogP contribution in [-0.4, -0.2) is 17.8 Å². The number of benzene rings is 1. The maximum atomic E-state index is 13.0. The van der Waals surface area contributed by atoms with Crippen molar-refractivity contribution in [2.45, 2.75) is 50.2 Å². The lowest BCUT2D eigenvalue weighted by Crippen LogP contribution is -2.61. The summed E-state index contributed by atoms with van der Waals surface area (Å²) in [4.78, 5) is 12.2. The predicted molar refractivity (Wildman–Crippen MR) is 91.6 cm³/mol. The van der Waals surface area contributed by atoms with Crippen LogP contribution in [0.25, 0.3) is 0 Å². The van der Waals surface area contributed by atoms with Crippen molar-refractivity contribution in [1.82, 2.24) is 10.7 Å². The molecule has 4 fully saturated rings. The Kier molecular flexibility index (Phi) is 4.20. The number of hydrazone groups is 1. The molecular weight excluding hydrogens is 343 g/mol. The smallest absolute Gasteiger partial charge is 0.331 e. The van der Waals surface area contributed by atoms with Crippen LogP contribution in [0.1, 0.15) is 49.7 Å². The number of rotatable bonds is 3. The Bertz CT molecular complexity index is 694. The average molecular weight is 365 g/mol. The fourth-order valence-electron chi connectivity index (χ4n) is 5.56. The second-order valence-corrected chi connectivity index (χ2v) is 8.11. The minimum atomic E-state index is -4.45. The van der Waals surface area contributed by atoms with Gasteiger partial charge < -0.3 is 5.32 Å². The molecule has 26 heavy (non-hydrogen) atoms. The number of hydrogen-bond donors (Lipinski definition) is 2. The summed E-state index contributed by atoms with van der Waals surface area (Å²) in [5.41, 5.74) is 1.34. The van der Waals surface area contributed by atoms with Crippen molar-refractivity contribution in [1.29, 1.82) is 0 Å². The molecule has 1 aromatic rings. The highest BCUT2D eigenvalue weighted by atomic mass is 19.4. The van der Waals surface area contributed by atoms with E-state index in [2.05, 4.69) is 15.8 Å². The molecular formula is C19H22F3N3O. The molecule has 0 aliphatic heterocycles. The second kappa shape index (κ2) is 6.28. The van der Waals surface area contributed by atoms with Gasteiger partial charge in [-0.3, -0.25) is 0 Å². The number of amides is 2. The highest BCUT2D eigenvalue weighted by Gasteiger charge is 2.51. The number of halogens is 3. The summed E-state index contributed by atoms with van der Waals surface area (Å²) in [5, 5.41) is 6.80. The molecule has 2 amide bonds. The molecule has 0 heterocycles. The topological polar surface area (TPSA) is 53.5 Å². The molecule has 4 aliphatic carbocycles. The Balaban J connectivity index is 1.39. The number of nitrogens with zero attached hydrogens (tertiary/aromatic N) is 1. The maximum absolute atomic E-state index is 13.0. The molecule has 4 bridgehead atoms. The normalized spacial score (nSPS) is 32.8. The Morgan fingerprint density at radius 1 is 1.08 bits per heavy atom. The molecule has 4 nitrogen and oxygen atoms in total. The standard InChI is InChI=1S/C19H22F3N3O/c20-19(21,22)16-4-2-1-3-15(16)11-23-25-17(26)24-18-8-12-5-13(9-18)7-14(6-12)10-18/h1-4,11-14H,5-10H2,(H2,24,25,26). The third-order valence-electron chi connectivity index (χ3n) is 6.05.